The fraction of sp³-hybridized carbons (Fsp3) is 0.771. The number of hydrogen-bond donors (Lipinski definition) is 1. The molecule has 1 aliphatic rings. The standard InChI is InChI=1S/C35H59N3O6.HI/c1-5-8-9-10-11-12-13-14-15-16-17-21-30(20-6-2)32-23-25-44-35(32,27-42-33(40)36-7-3)28-43-34(41)38(29(4)39)26-31-22-18-19-24-37-31;/h18-19,22,24,30,32H,5-17,20-21,23,25-28H2,1-4H3,(H,36,40);1H/t30?,32-,35-;/m1./s1. The van der Waals surface area contributed by atoms with Gasteiger partial charge in [-0.15, -0.1) is 24.0 Å². The van der Waals surface area contributed by atoms with Crippen LogP contribution in [-0.2, 0) is 25.5 Å². The Morgan fingerprint density at radius 2 is 1.58 bits per heavy atom. The van der Waals surface area contributed by atoms with Crippen LogP contribution in [0.2, 0.25) is 0 Å². The number of rotatable bonds is 22. The Morgan fingerprint density at radius 3 is 2.16 bits per heavy atom. The highest BCUT2D eigenvalue weighted by Crippen LogP contribution is 2.42. The number of halogens is 1. The topological polar surface area (TPSA) is 107 Å². The van der Waals surface area contributed by atoms with Crippen LogP contribution in [0.3, 0.4) is 0 Å². The fourth-order valence-electron chi connectivity index (χ4n) is 6.35. The van der Waals surface area contributed by atoms with Crippen LogP contribution in [0, 0.1) is 11.8 Å². The monoisotopic (exact) mass is 745 g/mol. The van der Waals surface area contributed by atoms with Gasteiger partial charge in [0.2, 0.25) is 5.91 Å². The number of hydrogen-bond acceptors (Lipinski definition) is 7. The van der Waals surface area contributed by atoms with E-state index in [-0.39, 0.29) is 49.7 Å². The van der Waals surface area contributed by atoms with Crippen LogP contribution in [0.25, 0.3) is 0 Å². The first-order valence-electron chi connectivity index (χ1n) is 17.3. The molecule has 258 valence electrons. The number of alkyl carbamates (subject to hydrolysis) is 1. The van der Waals surface area contributed by atoms with Crippen molar-refractivity contribution in [2.45, 2.75) is 136 Å². The van der Waals surface area contributed by atoms with Crippen molar-refractivity contribution in [3.8, 4) is 0 Å². The first-order valence-corrected chi connectivity index (χ1v) is 17.3. The number of pyridine rings is 1. The van der Waals surface area contributed by atoms with Gasteiger partial charge in [-0.1, -0.05) is 110 Å². The van der Waals surface area contributed by atoms with Crippen LogP contribution in [0.15, 0.2) is 24.4 Å². The van der Waals surface area contributed by atoms with Crippen molar-refractivity contribution in [1.29, 1.82) is 0 Å². The molecular formula is C35H60IN3O6. The number of aromatic nitrogens is 1. The zero-order valence-electron chi connectivity index (χ0n) is 28.4. The van der Waals surface area contributed by atoms with Crippen LogP contribution in [0.1, 0.15) is 130 Å². The van der Waals surface area contributed by atoms with Gasteiger partial charge in [-0.05, 0) is 37.3 Å². The van der Waals surface area contributed by atoms with Crippen LogP contribution < -0.4 is 5.32 Å². The smallest absolute Gasteiger partial charge is 0.416 e. The molecule has 1 unspecified atom stereocenters. The third-order valence-corrected chi connectivity index (χ3v) is 8.76. The van der Waals surface area contributed by atoms with E-state index in [1.54, 1.807) is 24.4 Å². The van der Waals surface area contributed by atoms with E-state index in [0.29, 0.717) is 24.8 Å². The maximum atomic E-state index is 13.2. The highest BCUT2D eigenvalue weighted by molar-refractivity contribution is 14.0. The zero-order valence-corrected chi connectivity index (χ0v) is 30.7. The van der Waals surface area contributed by atoms with Gasteiger partial charge in [-0.25, -0.2) is 14.5 Å². The van der Waals surface area contributed by atoms with Crippen LogP contribution in [0.4, 0.5) is 9.59 Å². The summed E-state index contributed by atoms with van der Waals surface area (Å²) in [6, 6.07) is 5.34. The molecule has 1 aliphatic heterocycles. The molecule has 3 atom stereocenters. The lowest BCUT2D eigenvalue weighted by atomic mass is 9.74. The Bertz CT molecular complexity index is 953. The maximum absolute atomic E-state index is 13.2. The summed E-state index contributed by atoms with van der Waals surface area (Å²) in [6.07, 6.45) is 18.6. The predicted molar refractivity (Wildman–Crippen MR) is 189 cm³/mol. The number of imide groups is 1. The average Bonchev–Trinajstić information content (AvgIpc) is 3.44. The van der Waals surface area contributed by atoms with E-state index < -0.39 is 23.7 Å². The lowest BCUT2D eigenvalue weighted by molar-refractivity contribution is -0.131. The summed E-state index contributed by atoms with van der Waals surface area (Å²) in [4.78, 5) is 43.2. The van der Waals surface area contributed by atoms with Crippen LogP contribution >= 0.6 is 24.0 Å². The Balaban J connectivity index is 0.0000101. The lowest BCUT2D eigenvalue weighted by Crippen LogP contribution is -2.50. The predicted octanol–water partition coefficient (Wildman–Crippen LogP) is 8.82. The summed E-state index contributed by atoms with van der Waals surface area (Å²) in [5.74, 6) is -0.0121. The molecule has 0 aromatic carbocycles. The van der Waals surface area contributed by atoms with Crippen molar-refractivity contribution in [3.63, 3.8) is 0 Å². The minimum absolute atomic E-state index is 0. The van der Waals surface area contributed by atoms with E-state index in [1.807, 2.05) is 6.92 Å². The largest absolute Gasteiger partial charge is 0.446 e. The second-order valence-electron chi connectivity index (χ2n) is 12.3. The molecule has 0 radical (unpaired) electrons. The molecule has 1 N–H and O–H groups in total. The summed E-state index contributed by atoms with van der Waals surface area (Å²) in [5, 5.41) is 2.67. The Hall–Kier alpha value is -1.95. The highest BCUT2D eigenvalue weighted by atomic mass is 127. The van der Waals surface area contributed by atoms with Gasteiger partial charge in [0.25, 0.3) is 0 Å². The highest BCUT2D eigenvalue weighted by Gasteiger charge is 2.50. The molecule has 0 saturated carbocycles. The Kier molecular flexibility index (Phi) is 22.1. The molecule has 1 saturated heterocycles. The van der Waals surface area contributed by atoms with Crippen molar-refractivity contribution >= 4 is 42.1 Å². The van der Waals surface area contributed by atoms with Crippen LogP contribution in [0.5, 0.6) is 0 Å². The molecule has 1 fully saturated rings. The molecule has 0 bridgehead atoms. The summed E-state index contributed by atoms with van der Waals surface area (Å²) >= 11 is 0. The first-order chi connectivity index (χ1) is 21.4. The SMILES string of the molecule is CCCCCCCCCCCCCC(CCC)[C@H]1CCO[C@]1(COC(=O)NCC)COC(=O)N(Cc1ccccn1)C(C)=O.I. The van der Waals surface area contributed by atoms with Crippen molar-refractivity contribution < 1.29 is 28.6 Å². The van der Waals surface area contributed by atoms with Gasteiger partial charge >= 0.3 is 12.2 Å². The van der Waals surface area contributed by atoms with Crippen molar-refractivity contribution in [2.24, 2.45) is 11.8 Å². The van der Waals surface area contributed by atoms with Crippen LogP contribution in [-0.4, -0.2) is 59.9 Å². The number of amides is 3. The first kappa shape index (κ1) is 41.1. The van der Waals surface area contributed by atoms with Gasteiger partial charge < -0.3 is 19.5 Å². The van der Waals surface area contributed by atoms with Gasteiger partial charge in [0.1, 0.15) is 18.8 Å². The summed E-state index contributed by atoms with van der Waals surface area (Å²) in [7, 11) is 0. The summed E-state index contributed by atoms with van der Waals surface area (Å²) in [5.41, 5.74) is -0.384. The lowest BCUT2D eigenvalue weighted by Gasteiger charge is -2.38. The van der Waals surface area contributed by atoms with Gasteiger partial charge in [0.15, 0.2) is 0 Å². The molecule has 45 heavy (non-hydrogen) atoms. The Morgan fingerprint density at radius 1 is 0.933 bits per heavy atom. The Labute approximate surface area is 289 Å². The van der Waals surface area contributed by atoms with Crippen molar-refractivity contribution in [1.82, 2.24) is 15.2 Å². The van der Waals surface area contributed by atoms with Gasteiger partial charge in [-0.3, -0.25) is 9.78 Å². The minimum Gasteiger partial charge on any atom is -0.446 e. The average molecular weight is 746 g/mol. The molecule has 10 heteroatoms. The van der Waals surface area contributed by atoms with Crippen molar-refractivity contribution in [3.05, 3.63) is 30.1 Å². The molecular weight excluding hydrogens is 685 g/mol. The van der Waals surface area contributed by atoms with E-state index in [0.717, 1.165) is 37.0 Å². The van der Waals surface area contributed by atoms with E-state index >= 15 is 0 Å². The quantitative estimate of drug-likeness (QED) is 0.0934. The minimum atomic E-state index is -0.966. The number of nitrogens with one attached hydrogen (secondary N) is 1. The number of unbranched alkanes of at least 4 members (excludes halogenated alkanes) is 10. The molecule has 2 rings (SSSR count). The van der Waals surface area contributed by atoms with E-state index in [9.17, 15) is 14.4 Å². The normalized spacial score (nSPS) is 18.1. The van der Waals surface area contributed by atoms with Gasteiger partial charge in [-0.2, -0.15) is 0 Å². The maximum Gasteiger partial charge on any atom is 0.416 e. The number of nitrogens with zero attached hydrogens (tertiary/aromatic N) is 2. The third-order valence-electron chi connectivity index (χ3n) is 8.76. The molecule has 0 spiro atoms. The zero-order chi connectivity index (χ0) is 32.0. The molecule has 3 amide bonds. The molecule has 9 nitrogen and oxygen atoms in total. The molecule has 1 aromatic rings. The van der Waals surface area contributed by atoms with Gasteiger partial charge in [0, 0.05) is 26.3 Å². The van der Waals surface area contributed by atoms with Crippen molar-refractivity contribution in [2.75, 3.05) is 26.4 Å². The van der Waals surface area contributed by atoms with E-state index in [2.05, 4.69) is 24.1 Å². The number of carbonyl (C=O) groups excluding carboxylic acids is 3. The number of ether oxygens (including phenoxy) is 3. The summed E-state index contributed by atoms with van der Waals surface area (Å²) in [6.45, 7) is 8.46. The van der Waals surface area contributed by atoms with E-state index in [4.69, 9.17) is 14.2 Å². The molecule has 2 heterocycles. The van der Waals surface area contributed by atoms with Gasteiger partial charge in [0.05, 0.1) is 12.2 Å². The molecule has 0 aliphatic carbocycles. The fourth-order valence-corrected chi connectivity index (χ4v) is 6.35. The van der Waals surface area contributed by atoms with E-state index in [1.165, 1.54) is 71.1 Å². The third kappa shape index (κ3) is 15.5. The molecule has 1 aromatic heterocycles. The second kappa shape index (κ2) is 24.3. The summed E-state index contributed by atoms with van der Waals surface area (Å²) < 4.78 is 17.7. The number of carbonyl (C=O) groups is 3. The second-order valence-corrected chi connectivity index (χ2v) is 12.3.